The maximum absolute atomic E-state index is 13.9. The molecule has 2 bridgehead atoms. The van der Waals surface area contributed by atoms with Crippen LogP contribution in [0.1, 0.15) is 52.6 Å². The van der Waals surface area contributed by atoms with Crippen molar-refractivity contribution in [3.05, 3.63) is 62.8 Å². The van der Waals surface area contributed by atoms with Crippen molar-refractivity contribution in [1.29, 1.82) is 0 Å². The van der Waals surface area contributed by atoms with Gasteiger partial charge in [0, 0.05) is 36.5 Å². The molecule has 1 aliphatic carbocycles. The van der Waals surface area contributed by atoms with E-state index in [0.717, 1.165) is 19.0 Å². The molecule has 34 heavy (non-hydrogen) atoms. The van der Waals surface area contributed by atoms with Gasteiger partial charge in [-0.05, 0) is 18.8 Å². The van der Waals surface area contributed by atoms with Gasteiger partial charge in [0.1, 0.15) is 23.0 Å². The SMILES string of the molecule is CCC1CC2CC1OC1Cn3cc(C(=O)NCc4c(F)cc(F)cc4F)c(=O)c(O)c3C(=O)N21. The molecule has 4 atom stereocenters. The van der Waals surface area contributed by atoms with Crippen LogP contribution >= 0.6 is 0 Å². The maximum atomic E-state index is 13.9. The second kappa shape index (κ2) is 8.15. The number of hydrogen-bond donors (Lipinski definition) is 2. The zero-order valence-corrected chi connectivity index (χ0v) is 18.2. The van der Waals surface area contributed by atoms with Gasteiger partial charge in [0.2, 0.25) is 5.43 Å². The average molecular weight is 477 g/mol. The van der Waals surface area contributed by atoms with E-state index in [4.69, 9.17) is 4.74 Å². The van der Waals surface area contributed by atoms with E-state index >= 15 is 0 Å². The molecule has 4 unspecified atom stereocenters. The lowest BCUT2D eigenvalue weighted by Crippen LogP contribution is -2.57. The molecule has 2 fully saturated rings. The van der Waals surface area contributed by atoms with Crippen LogP contribution in [0.15, 0.2) is 23.1 Å². The zero-order chi connectivity index (χ0) is 24.3. The van der Waals surface area contributed by atoms with Crippen molar-refractivity contribution in [3.63, 3.8) is 0 Å². The Hall–Kier alpha value is -3.34. The first-order valence-corrected chi connectivity index (χ1v) is 11.1. The van der Waals surface area contributed by atoms with Crippen LogP contribution < -0.4 is 10.7 Å². The Morgan fingerprint density at radius 3 is 2.59 bits per heavy atom. The minimum Gasteiger partial charge on any atom is -0.503 e. The minimum atomic E-state index is -1.19. The van der Waals surface area contributed by atoms with Crippen LogP contribution in [0.2, 0.25) is 0 Å². The van der Waals surface area contributed by atoms with Crippen molar-refractivity contribution in [2.45, 2.75) is 57.6 Å². The van der Waals surface area contributed by atoms with Crippen molar-refractivity contribution >= 4 is 11.8 Å². The number of aromatic nitrogens is 1. The highest BCUT2D eigenvalue weighted by molar-refractivity contribution is 5.99. The summed E-state index contributed by atoms with van der Waals surface area (Å²) in [6.07, 6.45) is 2.94. The van der Waals surface area contributed by atoms with Crippen molar-refractivity contribution in [3.8, 4) is 5.75 Å². The molecule has 2 aliphatic heterocycles. The van der Waals surface area contributed by atoms with E-state index in [1.54, 1.807) is 4.90 Å². The summed E-state index contributed by atoms with van der Waals surface area (Å²) >= 11 is 0. The smallest absolute Gasteiger partial charge is 0.276 e. The Balaban J connectivity index is 1.43. The Bertz CT molecular complexity index is 1240. The van der Waals surface area contributed by atoms with Crippen LogP contribution in [0.4, 0.5) is 13.2 Å². The zero-order valence-electron chi connectivity index (χ0n) is 18.2. The van der Waals surface area contributed by atoms with Crippen LogP contribution in [0, 0.1) is 23.4 Å². The minimum absolute atomic E-state index is 0.0156. The monoisotopic (exact) mass is 477 g/mol. The lowest BCUT2D eigenvalue weighted by molar-refractivity contribution is -0.139. The number of amides is 2. The van der Waals surface area contributed by atoms with Crippen LogP contribution in [-0.4, -0.2) is 44.8 Å². The number of carbonyl (C=O) groups is 2. The molecule has 0 radical (unpaired) electrons. The Morgan fingerprint density at radius 1 is 1.21 bits per heavy atom. The largest absolute Gasteiger partial charge is 0.503 e. The molecular weight excluding hydrogens is 455 g/mol. The van der Waals surface area contributed by atoms with Gasteiger partial charge in [-0.2, -0.15) is 0 Å². The predicted octanol–water partition coefficient (Wildman–Crippen LogP) is 2.27. The van der Waals surface area contributed by atoms with Gasteiger partial charge in [-0.1, -0.05) is 13.3 Å². The lowest BCUT2D eigenvalue weighted by atomic mass is 10.0. The number of benzene rings is 1. The highest BCUT2D eigenvalue weighted by Crippen LogP contribution is 2.42. The van der Waals surface area contributed by atoms with E-state index in [-0.39, 0.29) is 24.4 Å². The second-order valence-electron chi connectivity index (χ2n) is 8.89. The normalized spacial score (nSPS) is 25.2. The molecule has 180 valence electrons. The van der Waals surface area contributed by atoms with Crippen molar-refractivity contribution < 1.29 is 32.6 Å². The summed E-state index contributed by atoms with van der Waals surface area (Å²) in [5.74, 6) is -5.61. The van der Waals surface area contributed by atoms with Gasteiger partial charge in [0.25, 0.3) is 11.8 Å². The Morgan fingerprint density at radius 2 is 1.91 bits per heavy atom. The molecule has 3 heterocycles. The standard InChI is InChI=1S/C23H22F3N3O5/c1-2-10-3-12-6-17(10)34-18-9-28-8-14(20(30)21(31)19(28)23(33)29(12)18)22(32)27-7-13-15(25)4-11(24)5-16(13)26/h4-5,8,10,12,17-18,31H,2-3,6-7,9H2,1H3,(H,27,32). The third-order valence-electron chi connectivity index (χ3n) is 6.99. The van der Waals surface area contributed by atoms with Gasteiger partial charge in [-0.15, -0.1) is 0 Å². The molecule has 2 amide bonds. The molecule has 5 rings (SSSR count). The number of rotatable bonds is 4. The molecular formula is C23H22F3N3O5. The number of aromatic hydroxyl groups is 1. The number of nitrogens with one attached hydrogen (secondary N) is 1. The van der Waals surface area contributed by atoms with E-state index in [1.165, 1.54) is 4.57 Å². The predicted molar refractivity (Wildman–Crippen MR) is 111 cm³/mol. The molecule has 1 saturated heterocycles. The van der Waals surface area contributed by atoms with E-state index in [2.05, 4.69) is 12.2 Å². The lowest BCUT2D eigenvalue weighted by Gasteiger charge is -2.44. The summed E-state index contributed by atoms with van der Waals surface area (Å²) in [7, 11) is 0. The van der Waals surface area contributed by atoms with Gasteiger partial charge in [0.05, 0.1) is 12.6 Å². The highest BCUT2D eigenvalue weighted by atomic mass is 19.1. The molecule has 11 heteroatoms. The first kappa shape index (κ1) is 22.5. The number of hydrogen-bond acceptors (Lipinski definition) is 5. The summed E-state index contributed by atoms with van der Waals surface area (Å²) in [6.45, 7) is 1.52. The molecule has 1 saturated carbocycles. The molecule has 1 aromatic carbocycles. The number of pyridine rings is 1. The highest BCUT2D eigenvalue weighted by Gasteiger charge is 2.50. The summed E-state index contributed by atoms with van der Waals surface area (Å²) < 4.78 is 48.3. The topological polar surface area (TPSA) is 101 Å². The molecule has 2 N–H and O–H groups in total. The second-order valence-corrected chi connectivity index (χ2v) is 8.89. The van der Waals surface area contributed by atoms with E-state index in [1.807, 2.05) is 0 Å². The fourth-order valence-electron chi connectivity index (χ4n) is 5.29. The van der Waals surface area contributed by atoms with Gasteiger partial charge >= 0.3 is 0 Å². The van der Waals surface area contributed by atoms with E-state index in [9.17, 15) is 32.7 Å². The number of nitrogens with zero attached hydrogens (tertiary/aromatic N) is 2. The summed E-state index contributed by atoms with van der Waals surface area (Å²) in [5, 5.41) is 12.7. The van der Waals surface area contributed by atoms with Gasteiger partial charge in [0.15, 0.2) is 17.7 Å². The average Bonchev–Trinajstić information content (AvgIpc) is 3.10. The quantitative estimate of drug-likeness (QED) is 0.704. The first-order valence-electron chi connectivity index (χ1n) is 11.1. The number of halogens is 3. The van der Waals surface area contributed by atoms with Gasteiger partial charge < -0.3 is 24.6 Å². The van der Waals surface area contributed by atoms with Crippen molar-refractivity contribution in [2.75, 3.05) is 0 Å². The Kier molecular flexibility index (Phi) is 5.38. The number of carbonyl (C=O) groups excluding carboxylic acids is 2. The molecule has 1 aromatic heterocycles. The van der Waals surface area contributed by atoms with Gasteiger partial charge in [-0.25, -0.2) is 13.2 Å². The Labute approximate surface area is 191 Å². The molecule has 2 aromatic rings. The third kappa shape index (κ3) is 3.46. The fraction of sp³-hybridized carbons (Fsp3) is 0.435. The molecule has 8 nitrogen and oxygen atoms in total. The van der Waals surface area contributed by atoms with E-state index < -0.39 is 64.3 Å². The van der Waals surface area contributed by atoms with E-state index in [0.29, 0.717) is 24.5 Å². The van der Waals surface area contributed by atoms with Crippen LogP contribution in [0.25, 0.3) is 0 Å². The third-order valence-corrected chi connectivity index (χ3v) is 6.99. The van der Waals surface area contributed by atoms with Crippen LogP contribution in [0.5, 0.6) is 5.75 Å². The fourth-order valence-corrected chi connectivity index (χ4v) is 5.29. The van der Waals surface area contributed by atoms with Gasteiger partial charge in [-0.3, -0.25) is 14.4 Å². The van der Waals surface area contributed by atoms with Crippen LogP contribution in [-0.2, 0) is 17.8 Å². The molecule has 0 spiro atoms. The summed E-state index contributed by atoms with van der Waals surface area (Å²) in [6, 6.07) is 0.900. The molecule has 3 aliphatic rings. The summed E-state index contributed by atoms with van der Waals surface area (Å²) in [4.78, 5) is 40.1. The first-order chi connectivity index (χ1) is 16.2. The number of fused-ring (bicyclic) bond motifs is 5. The summed E-state index contributed by atoms with van der Waals surface area (Å²) in [5.41, 5.74) is -2.39. The van der Waals surface area contributed by atoms with Crippen molar-refractivity contribution in [1.82, 2.24) is 14.8 Å². The maximum Gasteiger partial charge on any atom is 0.276 e. The van der Waals surface area contributed by atoms with Crippen LogP contribution in [0.3, 0.4) is 0 Å². The van der Waals surface area contributed by atoms with Crippen molar-refractivity contribution in [2.24, 2.45) is 5.92 Å². The number of ether oxygens (including phenoxy) is 1.